The average Bonchev–Trinajstić information content (AvgIpc) is 3.22. The Morgan fingerprint density at radius 1 is 1.30 bits per heavy atom. The summed E-state index contributed by atoms with van der Waals surface area (Å²) in [6, 6.07) is 4.52. The number of anilines is 2. The molecule has 0 bridgehead atoms. The number of hydrogen-bond acceptors (Lipinski definition) is 7. The average molecular weight is 428 g/mol. The van der Waals surface area contributed by atoms with Crippen molar-refractivity contribution in [2.24, 2.45) is 10.9 Å². The summed E-state index contributed by atoms with van der Waals surface area (Å²) in [5.74, 6) is 1.99. The predicted molar refractivity (Wildman–Crippen MR) is 111 cm³/mol. The van der Waals surface area contributed by atoms with E-state index in [1.807, 2.05) is 23.1 Å². The van der Waals surface area contributed by atoms with E-state index >= 15 is 0 Å². The third-order valence-electron chi connectivity index (χ3n) is 6.54. The topological polar surface area (TPSA) is 84.1 Å². The van der Waals surface area contributed by atoms with Gasteiger partial charge in [-0.3, -0.25) is 9.79 Å². The second kappa shape index (κ2) is 6.78. The number of benzene rings is 1. The molecule has 156 valence electrons. The van der Waals surface area contributed by atoms with Gasteiger partial charge < -0.3 is 19.1 Å². The van der Waals surface area contributed by atoms with E-state index in [0.29, 0.717) is 29.3 Å². The van der Waals surface area contributed by atoms with Gasteiger partial charge in [-0.05, 0) is 43.4 Å². The van der Waals surface area contributed by atoms with Crippen LogP contribution in [0.1, 0.15) is 49.9 Å². The van der Waals surface area contributed by atoms with E-state index in [9.17, 15) is 4.79 Å². The molecule has 5 atom stereocenters. The van der Waals surface area contributed by atoms with Gasteiger partial charge in [0.25, 0.3) is 11.8 Å². The summed E-state index contributed by atoms with van der Waals surface area (Å²) >= 11 is 6.27. The molecule has 9 heteroatoms. The van der Waals surface area contributed by atoms with Crippen LogP contribution in [-0.2, 0) is 9.53 Å². The number of ether oxygens (including phenoxy) is 1. The number of hydrogen-bond donors (Lipinski definition) is 0. The van der Waals surface area contributed by atoms with Crippen molar-refractivity contribution in [1.29, 1.82) is 0 Å². The number of nitrogens with zero attached hydrogens (tertiary/aromatic N) is 5. The summed E-state index contributed by atoms with van der Waals surface area (Å²) in [5.41, 5.74) is 1.67. The molecule has 4 heterocycles. The van der Waals surface area contributed by atoms with Crippen molar-refractivity contribution in [3.05, 3.63) is 34.9 Å². The number of aliphatic imine (C=N–C) groups is 1. The zero-order valence-corrected chi connectivity index (χ0v) is 17.3. The van der Waals surface area contributed by atoms with E-state index in [1.54, 1.807) is 11.2 Å². The minimum atomic E-state index is -0.551. The van der Waals surface area contributed by atoms with Gasteiger partial charge in [0, 0.05) is 17.5 Å². The molecule has 3 aliphatic heterocycles. The molecule has 2 fully saturated rings. The van der Waals surface area contributed by atoms with Gasteiger partial charge in [-0.1, -0.05) is 23.7 Å². The summed E-state index contributed by atoms with van der Waals surface area (Å²) in [6.45, 7) is 3.41. The fourth-order valence-corrected chi connectivity index (χ4v) is 4.87. The van der Waals surface area contributed by atoms with E-state index in [2.05, 4.69) is 22.1 Å². The SMILES string of the molecule is CC1CC1c1noc(C2N=CN3c4ccc(Cl)cc4N(CC4CCCO4)C(=O)C23)n1. The lowest BCUT2D eigenvalue weighted by molar-refractivity contribution is -0.120. The molecule has 1 amide bonds. The normalized spacial score (nSPS) is 31.9. The Kier molecular flexibility index (Phi) is 4.14. The first-order valence-corrected chi connectivity index (χ1v) is 10.9. The first kappa shape index (κ1) is 18.3. The number of halogens is 1. The molecular weight excluding hydrogens is 406 g/mol. The molecule has 0 radical (unpaired) electrons. The molecule has 4 aliphatic rings. The molecule has 0 N–H and O–H groups in total. The first-order chi connectivity index (χ1) is 14.6. The maximum atomic E-state index is 13.7. The van der Waals surface area contributed by atoms with Gasteiger partial charge in [-0.25, -0.2) is 0 Å². The van der Waals surface area contributed by atoms with Gasteiger partial charge in [0.05, 0.1) is 30.4 Å². The zero-order chi connectivity index (χ0) is 20.4. The van der Waals surface area contributed by atoms with Crippen LogP contribution in [0.4, 0.5) is 11.4 Å². The molecule has 0 spiro atoms. The Labute approximate surface area is 178 Å². The van der Waals surface area contributed by atoms with Gasteiger partial charge in [0.15, 0.2) is 11.9 Å². The molecule has 1 aromatic heterocycles. The van der Waals surface area contributed by atoms with E-state index in [1.165, 1.54) is 0 Å². The van der Waals surface area contributed by atoms with E-state index in [4.69, 9.17) is 20.9 Å². The van der Waals surface area contributed by atoms with Crippen molar-refractivity contribution >= 4 is 35.2 Å². The minimum absolute atomic E-state index is 0.0273. The Hall–Kier alpha value is -2.45. The Balaban J connectivity index is 1.36. The summed E-state index contributed by atoms with van der Waals surface area (Å²) in [5, 5.41) is 4.74. The van der Waals surface area contributed by atoms with Crippen LogP contribution < -0.4 is 9.80 Å². The molecule has 8 nitrogen and oxygen atoms in total. The van der Waals surface area contributed by atoms with Gasteiger partial charge >= 0.3 is 0 Å². The Morgan fingerprint density at radius 2 is 2.17 bits per heavy atom. The standard InChI is InChI=1S/C21H22ClN5O3/c1-11-7-14(11)19-24-20(30-25-19)17-18-21(28)26(9-13-3-2-6-29-13)16-8-12(22)4-5-15(16)27(18)10-23-17/h4-5,8,10-11,13-14,17-18H,2-3,6-7,9H2,1H3. The van der Waals surface area contributed by atoms with Gasteiger partial charge in [0.1, 0.15) is 6.04 Å². The molecule has 1 aliphatic carbocycles. The molecule has 2 aromatic rings. The summed E-state index contributed by atoms with van der Waals surface area (Å²) < 4.78 is 11.4. The highest BCUT2D eigenvalue weighted by molar-refractivity contribution is 6.31. The molecule has 1 saturated heterocycles. The van der Waals surface area contributed by atoms with Crippen molar-refractivity contribution in [2.75, 3.05) is 23.0 Å². The fraction of sp³-hybridized carbons (Fsp3) is 0.524. The van der Waals surface area contributed by atoms with E-state index in [0.717, 1.165) is 43.1 Å². The quantitative estimate of drug-likeness (QED) is 0.744. The van der Waals surface area contributed by atoms with Crippen molar-refractivity contribution in [2.45, 2.75) is 50.3 Å². The Morgan fingerprint density at radius 3 is 2.93 bits per heavy atom. The predicted octanol–water partition coefficient (Wildman–Crippen LogP) is 3.33. The van der Waals surface area contributed by atoms with Crippen LogP contribution in [0, 0.1) is 5.92 Å². The van der Waals surface area contributed by atoms with Crippen LogP contribution in [0.3, 0.4) is 0 Å². The molecular formula is C21H22ClN5O3. The van der Waals surface area contributed by atoms with Crippen LogP contribution in [0.2, 0.25) is 5.02 Å². The highest BCUT2D eigenvalue weighted by Crippen LogP contribution is 2.47. The number of carbonyl (C=O) groups is 1. The molecule has 5 unspecified atom stereocenters. The maximum Gasteiger partial charge on any atom is 0.254 e. The van der Waals surface area contributed by atoms with E-state index in [-0.39, 0.29) is 12.0 Å². The van der Waals surface area contributed by atoms with Crippen LogP contribution >= 0.6 is 11.6 Å². The van der Waals surface area contributed by atoms with Crippen LogP contribution in [-0.4, -0.2) is 47.7 Å². The number of rotatable bonds is 4. The lowest BCUT2D eigenvalue weighted by Gasteiger charge is -2.40. The third-order valence-corrected chi connectivity index (χ3v) is 6.77. The monoisotopic (exact) mass is 427 g/mol. The van der Waals surface area contributed by atoms with E-state index < -0.39 is 12.1 Å². The summed E-state index contributed by atoms with van der Waals surface area (Å²) in [7, 11) is 0. The number of fused-ring (bicyclic) bond motifs is 3. The van der Waals surface area contributed by atoms with Crippen LogP contribution in [0.15, 0.2) is 27.7 Å². The van der Waals surface area contributed by atoms with Crippen molar-refractivity contribution in [3.8, 4) is 0 Å². The van der Waals surface area contributed by atoms with Crippen molar-refractivity contribution < 1.29 is 14.1 Å². The largest absolute Gasteiger partial charge is 0.376 e. The smallest absolute Gasteiger partial charge is 0.254 e. The molecule has 30 heavy (non-hydrogen) atoms. The van der Waals surface area contributed by atoms with Crippen LogP contribution in [0.5, 0.6) is 0 Å². The summed E-state index contributed by atoms with van der Waals surface area (Å²) in [6.07, 6.45) is 4.76. The van der Waals surface area contributed by atoms with Crippen LogP contribution in [0.25, 0.3) is 0 Å². The number of amides is 1. The highest BCUT2D eigenvalue weighted by atomic mass is 35.5. The van der Waals surface area contributed by atoms with Crippen molar-refractivity contribution in [3.63, 3.8) is 0 Å². The summed E-state index contributed by atoms with van der Waals surface area (Å²) in [4.78, 5) is 26.5. The minimum Gasteiger partial charge on any atom is -0.376 e. The maximum absolute atomic E-state index is 13.7. The second-order valence-corrected chi connectivity index (χ2v) is 9.03. The molecule has 6 rings (SSSR count). The number of aromatic nitrogens is 2. The zero-order valence-electron chi connectivity index (χ0n) is 16.6. The lowest BCUT2D eigenvalue weighted by Crippen LogP contribution is -2.54. The van der Waals surface area contributed by atoms with Gasteiger partial charge in [-0.2, -0.15) is 4.98 Å². The highest BCUT2D eigenvalue weighted by Gasteiger charge is 2.49. The van der Waals surface area contributed by atoms with Gasteiger partial charge in [0.2, 0.25) is 0 Å². The van der Waals surface area contributed by atoms with Gasteiger partial charge in [-0.15, -0.1) is 0 Å². The first-order valence-electron chi connectivity index (χ1n) is 10.5. The lowest BCUT2D eigenvalue weighted by atomic mass is 10.0. The number of carbonyl (C=O) groups excluding carboxylic acids is 1. The molecule has 1 saturated carbocycles. The third kappa shape index (κ3) is 2.85. The Bertz CT molecular complexity index is 1030. The van der Waals surface area contributed by atoms with Crippen molar-refractivity contribution in [1.82, 2.24) is 10.1 Å². The fourth-order valence-electron chi connectivity index (χ4n) is 4.70. The molecule has 1 aromatic carbocycles. The second-order valence-electron chi connectivity index (χ2n) is 8.59.